The Morgan fingerprint density at radius 1 is 0.864 bits per heavy atom. The number of unbranched alkanes of at least 4 members (excludes halogenated alkanes) is 7. The summed E-state index contributed by atoms with van der Waals surface area (Å²) < 4.78 is 4.72. The number of carbonyl (C=O) groups is 1. The maximum absolute atomic E-state index is 9.94. The number of hydrogen-bond donors (Lipinski definition) is 4. The van der Waals surface area contributed by atoms with E-state index in [9.17, 15) is 4.79 Å². The lowest BCUT2D eigenvalue weighted by atomic mass is 10.1. The van der Waals surface area contributed by atoms with Gasteiger partial charge in [0.1, 0.15) is 18.5 Å². The second-order valence-electron chi connectivity index (χ2n) is 5.29. The summed E-state index contributed by atoms with van der Waals surface area (Å²) in [5.41, 5.74) is 0. The average molecular weight is 322 g/mol. The molecule has 6 heteroatoms. The van der Waals surface area contributed by atoms with Gasteiger partial charge in [-0.15, -0.1) is 0 Å². The van der Waals surface area contributed by atoms with E-state index < -0.39 is 12.2 Å². The Morgan fingerprint density at radius 3 is 1.73 bits per heavy atom. The molecule has 6 nitrogen and oxygen atoms in total. The molecule has 0 saturated heterocycles. The monoisotopic (exact) mass is 322 g/mol. The SMILES string of the molecule is CCCCCCCCCC=O.OCC(O)COCC(O)CO. The van der Waals surface area contributed by atoms with Crippen molar-refractivity contribution in [3.05, 3.63) is 0 Å². The van der Waals surface area contributed by atoms with E-state index in [1.807, 2.05) is 0 Å². The van der Waals surface area contributed by atoms with Crippen molar-refractivity contribution in [2.75, 3.05) is 26.4 Å². The van der Waals surface area contributed by atoms with E-state index in [1.165, 1.54) is 38.5 Å². The van der Waals surface area contributed by atoms with Crippen LogP contribution in [0.2, 0.25) is 0 Å². The third-order valence-electron chi connectivity index (χ3n) is 2.97. The van der Waals surface area contributed by atoms with E-state index >= 15 is 0 Å². The van der Waals surface area contributed by atoms with E-state index in [0.29, 0.717) is 0 Å². The minimum absolute atomic E-state index is 0.0342. The predicted molar refractivity (Wildman–Crippen MR) is 85.7 cm³/mol. The van der Waals surface area contributed by atoms with Crippen LogP contribution in [-0.4, -0.2) is 65.3 Å². The highest BCUT2D eigenvalue weighted by Crippen LogP contribution is 2.07. The number of carbonyl (C=O) groups excluding carboxylic acids is 1. The number of aldehydes is 1. The zero-order chi connectivity index (χ0) is 17.1. The molecule has 22 heavy (non-hydrogen) atoms. The fourth-order valence-corrected chi connectivity index (χ4v) is 1.63. The van der Waals surface area contributed by atoms with Crippen LogP contribution in [0, 0.1) is 0 Å². The zero-order valence-corrected chi connectivity index (χ0v) is 13.8. The molecule has 0 bridgehead atoms. The molecule has 0 radical (unpaired) electrons. The topological polar surface area (TPSA) is 107 Å². The van der Waals surface area contributed by atoms with Crippen molar-refractivity contribution in [3.8, 4) is 0 Å². The molecule has 0 heterocycles. The Hall–Kier alpha value is -0.530. The van der Waals surface area contributed by atoms with Crippen LogP contribution in [0.15, 0.2) is 0 Å². The molecule has 4 N–H and O–H groups in total. The van der Waals surface area contributed by atoms with Crippen molar-refractivity contribution in [1.29, 1.82) is 0 Å². The Kier molecular flexibility index (Phi) is 22.1. The summed E-state index contributed by atoms with van der Waals surface area (Å²) in [7, 11) is 0. The summed E-state index contributed by atoms with van der Waals surface area (Å²) in [5, 5.41) is 34.1. The second kappa shape index (κ2) is 20.5. The third-order valence-corrected chi connectivity index (χ3v) is 2.97. The van der Waals surface area contributed by atoms with Crippen LogP contribution in [0.25, 0.3) is 0 Å². The highest BCUT2D eigenvalue weighted by Gasteiger charge is 2.04. The molecule has 0 spiro atoms. The quantitative estimate of drug-likeness (QED) is 0.281. The standard InChI is InChI=1S/C10H20O.C6H14O5/c1-2-3-4-5-6-7-8-9-10-11;7-1-5(9)3-11-4-6(10)2-8/h10H,2-9H2,1H3;5-10H,1-4H2. The first-order chi connectivity index (χ1) is 10.6. The molecule has 0 aliphatic carbocycles. The predicted octanol–water partition coefficient (Wildman–Crippen LogP) is 1.04. The summed E-state index contributed by atoms with van der Waals surface area (Å²) >= 11 is 0. The van der Waals surface area contributed by atoms with Gasteiger partial charge in [-0.1, -0.05) is 45.4 Å². The first-order valence-corrected chi connectivity index (χ1v) is 8.21. The van der Waals surface area contributed by atoms with E-state index in [2.05, 4.69) is 6.92 Å². The van der Waals surface area contributed by atoms with Gasteiger partial charge in [0.2, 0.25) is 0 Å². The lowest BCUT2D eigenvalue weighted by Crippen LogP contribution is -2.25. The van der Waals surface area contributed by atoms with Crippen molar-refractivity contribution < 1.29 is 30.0 Å². The van der Waals surface area contributed by atoms with Crippen LogP contribution in [0.1, 0.15) is 58.3 Å². The summed E-state index contributed by atoms with van der Waals surface area (Å²) in [6, 6.07) is 0. The first kappa shape index (κ1) is 23.7. The van der Waals surface area contributed by atoms with Crippen molar-refractivity contribution >= 4 is 6.29 Å². The van der Waals surface area contributed by atoms with Crippen molar-refractivity contribution in [3.63, 3.8) is 0 Å². The maximum Gasteiger partial charge on any atom is 0.119 e. The molecule has 0 fully saturated rings. The highest BCUT2D eigenvalue weighted by atomic mass is 16.5. The Labute approximate surface area is 134 Å². The van der Waals surface area contributed by atoms with Gasteiger partial charge in [0, 0.05) is 6.42 Å². The van der Waals surface area contributed by atoms with Crippen molar-refractivity contribution in [1.82, 2.24) is 0 Å². The van der Waals surface area contributed by atoms with Crippen LogP contribution in [0.3, 0.4) is 0 Å². The molecule has 2 unspecified atom stereocenters. The highest BCUT2D eigenvalue weighted by molar-refractivity contribution is 5.48. The number of aliphatic hydroxyl groups is 4. The first-order valence-electron chi connectivity index (χ1n) is 8.21. The van der Waals surface area contributed by atoms with Crippen LogP contribution < -0.4 is 0 Å². The van der Waals surface area contributed by atoms with Crippen molar-refractivity contribution in [2.45, 2.75) is 70.5 Å². The van der Waals surface area contributed by atoms with E-state index in [4.69, 9.17) is 25.2 Å². The lowest BCUT2D eigenvalue weighted by Gasteiger charge is -2.10. The molecule has 0 aromatic carbocycles. The molecule has 0 aliphatic rings. The molecule has 0 aliphatic heterocycles. The largest absolute Gasteiger partial charge is 0.394 e. The Balaban J connectivity index is 0. The number of rotatable bonds is 14. The molecule has 0 amide bonds. The van der Waals surface area contributed by atoms with Gasteiger partial charge < -0.3 is 30.0 Å². The minimum atomic E-state index is -0.916. The zero-order valence-electron chi connectivity index (χ0n) is 13.8. The van der Waals surface area contributed by atoms with Gasteiger partial charge >= 0.3 is 0 Å². The van der Waals surface area contributed by atoms with E-state index in [1.54, 1.807) is 0 Å². The molecule has 134 valence electrons. The second-order valence-corrected chi connectivity index (χ2v) is 5.29. The summed E-state index contributed by atoms with van der Waals surface area (Å²) in [6.45, 7) is 1.43. The number of ether oxygens (including phenoxy) is 1. The minimum Gasteiger partial charge on any atom is -0.394 e. The molecule has 2 atom stereocenters. The molecular formula is C16H34O6. The molecule has 0 aromatic rings. The van der Waals surface area contributed by atoms with Gasteiger partial charge in [0.15, 0.2) is 0 Å². The molecule has 0 aromatic heterocycles. The van der Waals surface area contributed by atoms with Crippen LogP contribution in [0.5, 0.6) is 0 Å². The fourth-order valence-electron chi connectivity index (χ4n) is 1.63. The summed E-state index contributed by atoms with van der Waals surface area (Å²) in [4.78, 5) is 9.94. The molecule has 0 rings (SSSR count). The van der Waals surface area contributed by atoms with Crippen molar-refractivity contribution in [2.24, 2.45) is 0 Å². The number of hydrogen-bond acceptors (Lipinski definition) is 6. The summed E-state index contributed by atoms with van der Waals surface area (Å²) in [5.74, 6) is 0. The van der Waals surface area contributed by atoms with E-state index in [0.717, 1.165) is 19.1 Å². The Bertz CT molecular complexity index is 203. The fraction of sp³-hybridized carbons (Fsp3) is 0.938. The van der Waals surface area contributed by atoms with Crippen LogP contribution in [0.4, 0.5) is 0 Å². The Morgan fingerprint density at radius 2 is 1.32 bits per heavy atom. The lowest BCUT2D eigenvalue weighted by molar-refractivity contribution is -0.107. The van der Waals surface area contributed by atoms with Gasteiger partial charge in [-0.25, -0.2) is 0 Å². The maximum atomic E-state index is 9.94. The molecule has 0 saturated carbocycles. The van der Waals surface area contributed by atoms with E-state index in [-0.39, 0.29) is 26.4 Å². The normalized spacial score (nSPS) is 13.1. The number of aliphatic hydroxyl groups excluding tert-OH is 4. The third kappa shape index (κ3) is 21.8. The van der Waals surface area contributed by atoms with Crippen LogP contribution >= 0.6 is 0 Å². The van der Waals surface area contributed by atoms with Gasteiger partial charge in [-0.2, -0.15) is 0 Å². The molecular weight excluding hydrogens is 288 g/mol. The van der Waals surface area contributed by atoms with Crippen LogP contribution in [-0.2, 0) is 9.53 Å². The smallest absolute Gasteiger partial charge is 0.119 e. The summed E-state index contributed by atoms with van der Waals surface area (Å²) in [6.07, 6.45) is 9.00. The van der Waals surface area contributed by atoms with Gasteiger partial charge in [-0.3, -0.25) is 0 Å². The average Bonchev–Trinajstić information content (AvgIpc) is 2.54. The van der Waals surface area contributed by atoms with Gasteiger partial charge in [-0.05, 0) is 6.42 Å². The van der Waals surface area contributed by atoms with Gasteiger partial charge in [0.25, 0.3) is 0 Å². The van der Waals surface area contributed by atoms with Gasteiger partial charge in [0.05, 0.1) is 26.4 Å².